The van der Waals surface area contributed by atoms with Crippen molar-refractivity contribution in [3.8, 4) is 11.5 Å². The van der Waals surface area contributed by atoms with Gasteiger partial charge in [0.25, 0.3) is 0 Å². The minimum absolute atomic E-state index is 0.0282. The molecule has 0 saturated carbocycles. The first-order valence-corrected chi connectivity index (χ1v) is 9.94. The Morgan fingerprint density at radius 1 is 1.24 bits per heavy atom. The zero-order valence-corrected chi connectivity index (χ0v) is 18.0. The average molecular weight is 412 g/mol. The molecule has 2 aromatic carbocycles. The minimum atomic E-state index is -1.03. The smallest absolute Gasteiger partial charge is 0.233 e. The van der Waals surface area contributed by atoms with E-state index in [0.29, 0.717) is 16.6 Å². The Morgan fingerprint density at radius 2 is 1.97 bits per heavy atom. The third-order valence-corrected chi connectivity index (χ3v) is 6.07. The number of benzene rings is 2. The Labute approximate surface area is 176 Å². The Balaban J connectivity index is 1.97. The van der Waals surface area contributed by atoms with Gasteiger partial charge < -0.3 is 19.7 Å². The number of ether oxygens (including phenoxy) is 2. The van der Waals surface area contributed by atoms with E-state index in [1.54, 1.807) is 26.1 Å². The maximum atomic E-state index is 13.4. The number of amides is 1. The summed E-state index contributed by atoms with van der Waals surface area (Å²) in [6.07, 6.45) is 0. The summed E-state index contributed by atoms with van der Waals surface area (Å²) in [6, 6.07) is 13.4. The number of aryl methyl sites for hydroxylation is 1. The molecule has 29 heavy (non-hydrogen) atoms. The summed E-state index contributed by atoms with van der Waals surface area (Å²) in [5.74, 6) is 0.732. The quantitative estimate of drug-likeness (QED) is 0.783. The van der Waals surface area contributed by atoms with Crippen LogP contribution in [0.5, 0.6) is 11.5 Å². The van der Waals surface area contributed by atoms with Crippen molar-refractivity contribution in [3.63, 3.8) is 0 Å². The minimum Gasteiger partial charge on any atom is -0.493 e. The maximum absolute atomic E-state index is 13.4. The number of methoxy groups -OCH3 is 1. The maximum Gasteiger partial charge on any atom is 0.233 e. The molecule has 0 radical (unpaired) electrons. The second kappa shape index (κ2) is 6.91. The lowest BCUT2D eigenvalue weighted by Gasteiger charge is -2.56. The SMILES string of the molecule is COc1cccc2c1OC1(C)C(C(=O)N(C)C)C2NC(=S)N1c1ccccc1C. The van der Waals surface area contributed by atoms with Crippen molar-refractivity contribution in [2.45, 2.75) is 25.6 Å². The van der Waals surface area contributed by atoms with Gasteiger partial charge in [0.15, 0.2) is 22.3 Å². The number of para-hydroxylation sites is 2. The number of nitrogens with one attached hydrogen (secondary N) is 1. The number of carbonyl (C=O) groups excluding carboxylic acids is 1. The molecule has 1 saturated heterocycles. The van der Waals surface area contributed by atoms with E-state index < -0.39 is 11.6 Å². The Bertz CT molecular complexity index is 993. The molecule has 0 aliphatic carbocycles. The van der Waals surface area contributed by atoms with Crippen molar-refractivity contribution < 1.29 is 14.3 Å². The van der Waals surface area contributed by atoms with Crippen molar-refractivity contribution in [3.05, 3.63) is 53.6 Å². The highest BCUT2D eigenvalue weighted by molar-refractivity contribution is 7.80. The van der Waals surface area contributed by atoms with Crippen molar-refractivity contribution in [2.24, 2.45) is 5.92 Å². The predicted octanol–water partition coefficient (Wildman–Crippen LogP) is 3.25. The molecule has 2 aliphatic rings. The fourth-order valence-electron chi connectivity index (χ4n) is 4.36. The number of nitrogens with zero attached hydrogens (tertiary/aromatic N) is 2. The van der Waals surface area contributed by atoms with Crippen LogP contribution >= 0.6 is 12.2 Å². The zero-order chi connectivity index (χ0) is 20.9. The van der Waals surface area contributed by atoms with Crippen molar-refractivity contribution in [2.75, 3.05) is 26.1 Å². The normalized spacial score (nSPS) is 24.9. The Morgan fingerprint density at radius 3 is 2.62 bits per heavy atom. The molecule has 1 amide bonds. The zero-order valence-electron chi connectivity index (χ0n) is 17.2. The van der Waals surface area contributed by atoms with E-state index >= 15 is 0 Å². The molecule has 152 valence electrons. The third-order valence-electron chi connectivity index (χ3n) is 5.77. The molecule has 0 aromatic heterocycles. The van der Waals surface area contributed by atoms with Crippen LogP contribution in [0.1, 0.15) is 24.1 Å². The predicted molar refractivity (Wildman–Crippen MR) is 116 cm³/mol. The molecule has 3 atom stereocenters. The third kappa shape index (κ3) is 2.83. The van der Waals surface area contributed by atoms with E-state index in [-0.39, 0.29) is 11.9 Å². The summed E-state index contributed by atoms with van der Waals surface area (Å²) in [5.41, 5.74) is 1.79. The number of carbonyl (C=O) groups is 1. The number of fused-ring (bicyclic) bond motifs is 4. The van der Waals surface area contributed by atoms with Gasteiger partial charge in [0, 0.05) is 25.3 Å². The van der Waals surface area contributed by atoms with Gasteiger partial charge in [0.1, 0.15) is 5.92 Å². The number of thiocarbonyl (C=S) groups is 1. The number of rotatable bonds is 3. The van der Waals surface area contributed by atoms with Crippen molar-refractivity contribution in [1.29, 1.82) is 0 Å². The molecule has 2 heterocycles. The van der Waals surface area contributed by atoms with Crippen LogP contribution in [0, 0.1) is 12.8 Å². The average Bonchev–Trinajstić information content (AvgIpc) is 2.68. The first-order valence-electron chi connectivity index (χ1n) is 9.53. The van der Waals surface area contributed by atoms with Gasteiger partial charge in [0.2, 0.25) is 5.91 Å². The van der Waals surface area contributed by atoms with Gasteiger partial charge in [-0.1, -0.05) is 30.3 Å². The van der Waals surface area contributed by atoms with Gasteiger partial charge in [-0.15, -0.1) is 0 Å². The topological polar surface area (TPSA) is 54.0 Å². The molecule has 2 bridgehead atoms. The van der Waals surface area contributed by atoms with E-state index in [0.717, 1.165) is 16.8 Å². The van der Waals surface area contributed by atoms with Gasteiger partial charge in [-0.05, 0) is 43.8 Å². The summed E-state index contributed by atoms with van der Waals surface area (Å²) >= 11 is 5.77. The lowest BCUT2D eigenvalue weighted by atomic mass is 9.78. The van der Waals surface area contributed by atoms with E-state index in [1.807, 2.05) is 61.2 Å². The van der Waals surface area contributed by atoms with Crippen LogP contribution in [-0.4, -0.2) is 42.8 Å². The van der Waals surface area contributed by atoms with Crippen LogP contribution < -0.4 is 19.7 Å². The monoisotopic (exact) mass is 411 g/mol. The largest absolute Gasteiger partial charge is 0.493 e. The Kier molecular flexibility index (Phi) is 4.65. The summed E-state index contributed by atoms with van der Waals surface area (Å²) in [6.45, 7) is 3.95. The second-order valence-electron chi connectivity index (χ2n) is 7.79. The van der Waals surface area contributed by atoms with Crippen LogP contribution in [0.3, 0.4) is 0 Å². The summed E-state index contributed by atoms with van der Waals surface area (Å²) in [4.78, 5) is 16.9. The fraction of sp³-hybridized carbons (Fsp3) is 0.364. The molecule has 2 aromatic rings. The molecule has 7 heteroatoms. The first kappa shape index (κ1) is 19.5. The Hall–Kier alpha value is -2.80. The lowest BCUT2D eigenvalue weighted by molar-refractivity contribution is -0.144. The summed E-state index contributed by atoms with van der Waals surface area (Å²) in [7, 11) is 5.14. The molecule has 3 unspecified atom stereocenters. The van der Waals surface area contributed by atoms with Crippen LogP contribution in [0.4, 0.5) is 5.69 Å². The molecule has 0 spiro atoms. The van der Waals surface area contributed by atoms with Crippen molar-refractivity contribution in [1.82, 2.24) is 10.2 Å². The lowest BCUT2D eigenvalue weighted by Crippen LogP contribution is -2.72. The van der Waals surface area contributed by atoms with Gasteiger partial charge in [-0.2, -0.15) is 0 Å². The van der Waals surface area contributed by atoms with E-state index in [9.17, 15) is 4.79 Å². The van der Waals surface area contributed by atoms with Crippen LogP contribution in [0.2, 0.25) is 0 Å². The van der Waals surface area contributed by atoms with Gasteiger partial charge in [-0.25, -0.2) is 0 Å². The fourth-order valence-corrected chi connectivity index (χ4v) is 4.77. The highest BCUT2D eigenvalue weighted by atomic mass is 32.1. The molecule has 4 rings (SSSR count). The van der Waals surface area contributed by atoms with Crippen LogP contribution in [-0.2, 0) is 4.79 Å². The van der Waals surface area contributed by atoms with Crippen molar-refractivity contribution >= 4 is 28.9 Å². The first-order chi connectivity index (χ1) is 13.8. The molecule has 2 aliphatic heterocycles. The van der Waals surface area contributed by atoms with Gasteiger partial charge in [-0.3, -0.25) is 9.69 Å². The van der Waals surface area contributed by atoms with Gasteiger partial charge in [0.05, 0.1) is 13.2 Å². The van der Waals surface area contributed by atoms with E-state index in [2.05, 4.69) is 5.32 Å². The van der Waals surface area contributed by atoms with Crippen LogP contribution in [0.15, 0.2) is 42.5 Å². The number of hydrogen-bond acceptors (Lipinski definition) is 4. The molecule has 6 nitrogen and oxygen atoms in total. The highest BCUT2D eigenvalue weighted by Crippen LogP contribution is 2.52. The second-order valence-corrected chi connectivity index (χ2v) is 8.18. The van der Waals surface area contributed by atoms with Gasteiger partial charge >= 0.3 is 0 Å². The molecular weight excluding hydrogens is 386 g/mol. The summed E-state index contributed by atoms with van der Waals surface area (Å²) in [5, 5.41) is 3.95. The molecule has 1 fully saturated rings. The molecule has 1 N–H and O–H groups in total. The van der Waals surface area contributed by atoms with E-state index in [1.165, 1.54) is 0 Å². The molecular formula is C22H25N3O3S. The summed E-state index contributed by atoms with van der Waals surface area (Å²) < 4.78 is 12.2. The number of anilines is 1. The van der Waals surface area contributed by atoms with E-state index in [4.69, 9.17) is 21.7 Å². The number of hydrogen-bond donors (Lipinski definition) is 1. The highest BCUT2D eigenvalue weighted by Gasteiger charge is 2.60. The van der Waals surface area contributed by atoms with Crippen LogP contribution in [0.25, 0.3) is 0 Å². The standard InChI is InChI=1S/C22H25N3O3S/c1-13-9-6-7-11-15(13)25-21(29)23-18-14-10-8-12-16(27-5)19(14)28-22(25,2)17(18)20(26)24(3)4/h6-12,17-18H,1-5H3,(H,23,29).